The summed E-state index contributed by atoms with van der Waals surface area (Å²) in [6.45, 7) is 0. The molecule has 20 heavy (non-hydrogen) atoms. The smallest absolute Gasteiger partial charge is 0.349 e. The highest BCUT2D eigenvalue weighted by molar-refractivity contribution is 6.31. The number of carbonyl (C=O) groups is 3. The fourth-order valence-electron chi connectivity index (χ4n) is 2.00. The van der Waals surface area contributed by atoms with Gasteiger partial charge in [0.15, 0.2) is 0 Å². The van der Waals surface area contributed by atoms with Crippen LogP contribution in [0.5, 0.6) is 0 Å². The average Bonchev–Trinajstić information content (AvgIpc) is 2.96. The molecule has 1 N–H and O–H groups in total. The molecule has 0 unspecified atom stereocenters. The van der Waals surface area contributed by atoms with Crippen molar-refractivity contribution < 1.29 is 19.2 Å². The van der Waals surface area contributed by atoms with Gasteiger partial charge in [-0.15, -0.1) is 5.06 Å². The zero-order chi connectivity index (χ0) is 14.3. The highest BCUT2D eigenvalue weighted by atomic mass is 35.5. The fourth-order valence-corrected chi connectivity index (χ4v) is 2.18. The summed E-state index contributed by atoms with van der Waals surface area (Å²) in [5, 5.41) is 1.80. The summed E-state index contributed by atoms with van der Waals surface area (Å²) in [6.07, 6.45) is 0.128. The lowest BCUT2D eigenvalue weighted by atomic mass is 10.2. The number of aromatic amines is 1. The van der Waals surface area contributed by atoms with Crippen molar-refractivity contribution in [3.05, 3.63) is 35.0 Å². The summed E-state index contributed by atoms with van der Waals surface area (Å²) in [4.78, 5) is 42.3. The van der Waals surface area contributed by atoms with Gasteiger partial charge >= 0.3 is 5.97 Å². The molecule has 0 bridgehead atoms. The Kier molecular flexibility index (Phi) is 2.94. The van der Waals surface area contributed by atoms with Gasteiger partial charge < -0.3 is 9.82 Å². The number of nitrogens with zero attached hydrogens (tertiary/aromatic N) is 1. The van der Waals surface area contributed by atoms with E-state index in [4.69, 9.17) is 16.4 Å². The molecule has 0 atom stereocenters. The van der Waals surface area contributed by atoms with Crippen LogP contribution in [0, 0.1) is 0 Å². The number of hydrogen-bond donors (Lipinski definition) is 1. The first-order chi connectivity index (χ1) is 9.54. The number of nitrogens with one attached hydrogen (secondary N) is 1. The van der Waals surface area contributed by atoms with Crippen molar-refractivity contribution in [1.82, 2.24) is 10.0 Å². The molecule has 0 saturated carbocycles. The number of fused-ring (bicyclic) bond motifs is 1. The van der Waals surface area contributed by atoms with Crippen LogP contribution in [0.4, 0.5) is 0 Å². The van der Waals surface area contributed by atoms with E-state index in [1.165, 1.54) is 0 Å². The van der Waals surface area contributed by atoms with E-state index in [1.807, 2.05) is 0 Å². The monoisotopic (exact) mass is 292 g/mol. The van der Waals surface area contributed by atoms with E-state index in [-0.39, 0.29) is 18.5 Å². The summed E-state index contributed by atoms with van der Waals surface area (Å²) in [5.74, 6) is -1.81. The van der Waals surface area contributed by atoms with Crippen molar-refractivity contribution in [2.45, 2.75) is 12.8 Å². The molecule has 1 saturated heterocycles. The first-order valence-electron chi connectivity index (χ1n) is 5.91. The first-order valence-corrected chi connectivity index (χ1v) is 6.29. The molecule has 2 amide bonds. The van der Waals surface area contributed by atoms with Crippen LogP contribution < -0.4 is 0 Å². The van der Waals surface area contributed by atoms with Crippen molar-refractivity contribution >= 4 is 40.3 Å². The summed E-state index contributed by atoms with van der Waals surface area (Å²) < 4.78 is 0. The van der Waals surface area contributed by atoms with Crippen molar-refractivity contribution in [2.75, 3.05) is 0 Å². The molecule has 0 radical (unpaired) electrons. The maximum atomic E-state index is 11.9. The van der Waals surface area contributed by atoms with Crippen LogP contribution in [0.2, 0.25) is 5.02 Å². The Labute approximate surface area is 118 Å². The molecule has 1 aliphatic heterocycles. The number of amides is 2. The molecular formula is C13H9ClN2O4. The van der Waals surface area contributed by atoms with Gasteiger partial charge in [-0.2, -0.15) is 0 Å². The molecular weight excluding hydrogens is 284 g/mol. The predicted molar refractivity (Wildman–Crippen MR) is 69.8 cm³/mol. The van der Waals surface area contributed by atoms with E-state index >= 15 is 0 Å². The van der Waals surface area contributed by atoms with Gasteiger partial charge in [-0.25, -0.2) is 4.79 Å². The van der Waals surface area contributed by atoms with Crippen molar-refractivity contribution in [3.8, 4) is 0 Å². The predicted octanol–water partition coefficient (Wildman–Crippen LogP) is 2.04. The number of imide groups is 1. The second-order valence-electron chi connectivity index (χ2n) is 4.38. The summed E-state index contributed by atoms with van der Waals surface area (Å²) in [7, 11) is 0. The lowest BCUT2D eigenvalue weighted by molar-refractivity contribution is -0.172. The Hall–Kier alpha value is -2.34. The number of H-pyrrole nitrogens is 1. The average molecular weight is 293 g/mol. The van der Waals surface area contributed by atoms with Gasteiger partial charge in [-0.1, -0.05) is 11.6 Å². The molecule has 3 rings (SSSR count). The Morgan fingerprint density at radius 1 is 1.20 bits per heavy atom. The molecule has 2 heterocycles. The summed E-state index contributed by atoms with van der Waals surface area (Å²) in [6, 6.07) is 6.65. The Bertz CT molecular complexity index is 721. The molecule has 2 aromatic rings. The minimum atomic E-state index is -0.791. The molecule has 0 spiro atoms. The number of hydroxylamine groups is 2. The van der Waals surface area contributed by atoms with Gasteiger partial charge in [0.1, 0.15) is 5.69 Å². The first kappa shape index (κ1) is 12.7. The minimum absolute atomic E-state index is 0.0639. The largest absolute Gasteiger partial charge is 0.379 e. The van der Waals surface area contributed by atoms with Gasteiger partial charge in [-0.05, 0) is 24.3 Å². The number of halogens is 1. The van der Waals surface area contributed by atoms with Gasteiger partial charge in [0.05, 0.1) is 0 Å². The third kappa shape index (κ3) is 2.14. The van der Waals surface area contributed by atoms with Crippen LogP contribution in [0.1, 0.15) is 23.3 Å². The number of benzene rings is 1. The highest BCUT2D eigenvalue weighted by Gasteiger charge is 2.33. The second kappa shape index (κ2) is 4.64. The zero-order valence-electron chi connectivity index (χ0n) is 10.2. The normalized spacial score (nSPS) is 15.2. The summed E-state index contributed by atoms with van der Waals surface area (Å²) >= 11 is 5.86. The van der Waals surface area contributed by atoms with Crippen LogP contribution in [0.15, 0.2) is 24.3 Å². The zero-order valence-corrected chi connectivity index (χ0v) is 10.9. The standard InChI is InChI=1S/C13H9ClN2O4/c14-8-1-2-9-7(5-8)6-10(15-9)13(19)20-16-11(17)3-4-12(16)18/h1-2,5-6,15H,3-4H2. The van der Waals surface area contributed by atoms with Crippen LogP contribution in [0.3, 0.4) is 0 Å². The summed E-state index contributed by atoms with van der Waals surface area (Å²) in [5.41, 5.74) is 0.857. The quantitative estimate of drug-likeness (QED) is 0.859. The van der Waals surface area contributed by atoms with Gasteiger partial charge in [0.2, 0.25) is 0 Å². The lowest BCUT2D eigenvalue weighted by Gasteiger charge is -2.11. The molecule has 1 aromatic heterocycles. The van der Waals surface area contributed by atoms with Crippen molar-refractivity contribution in [1.29, 1.82) is 0 Å². The third-order valence-corrected chi connectivity index (χ3v) is 3.22. The van der Waals surface area contributed by atoms with Crippen LogP contribution >= 0.6 is 11.6 Å². The van der Waals surface area contributed by atoms with Crippen LogP contribution in [0.25, 0.3) is 10.9 Å². The number of aromatic nitrogens is 1. The minimum Gasteiger partial charge on any atom is -0.349 e. The molecule has 102 valence electrons. The van der Waals surface area contributed by atoms with Crippen molar-refractivity contribution in [2.24, 2.45) is 0 Å². The van der Waals surface area contributed by atoms with Crippen molar-refractivity contribution in [3.63, 3.8) is 0 Å². The number of rotatable bonds is 2. The molecule has 7 heteroatoms. The molecule has 1 aromatic carbocycles. The van der Waals surface area contributed by atoms with E-state index in [2.05, 4.69) is 4.98 Å². The van der Waals surface area contributed by atoms with E-state index < -0.39 is 17.8 Å². The second-order valence-corrected chi connectivity index (χ2v) is 4.81. The Morgan fingerprint density at radius 2 is 1.90 bits per heavy atom. The van der Waals surface area contributed by atoms with E-state index in [0.29, 0.717) is 15.6 Å². The molecule has 0 aliphatic carbocycles. The SMILES string of the molecule is O=C(ON1C(=O)CCC1=O)c1cc2cc(Cl)ccc2[nH]1. The maximum Gasteiger partial charge on any atom is 0.379 e. The van der Waals surface area contributed by atoms with Gasteiger partial charge in [0.25, 0.3) is 11.8 Å². The molecule has 6 nitrogen and oxygen atoms in total. The van der Waals surface area contributed by atoms with E-state index in [9.17, 15) is 14.4 Å². The number of hydrogen-bond acceptors (Lipinski definition) is 4. The molecule has 1 aliphatic rings. The lowest BCUT2D eigenvalue weighted by Crippen LogP contribution is -2.32. The Morgan fingerprint density at radius 3 is 2.60 bits per heavy atom. The van der Waals surface area contributed by atoms with E-state index in [0.717, 1.165) is 5.39 Å². The molecule has 1 fully saturated rings. The van der Waals surface area contributed by atoms with Gasteiger partial charge in [-0.3, -0.25) is 9.59 Å². The van der Waals surface area contributed by atoms with E-state index in [1.54, 1.807) is 24.3 Å². The highest BCUT2D eigenvalue weighted by Crippen LogP contribution is 2.21. The fraction of sp³-hybridized carbons (Fsp3) is 0.154. The Balaban J connectivity index is 1.85. The topological polar surface area (TPSA) is 79.5 Å². The maximum absolute atomic E-state index is 11.9. The van der Waals surface area contributed by atoms with Crippen LogP contribution in [-0.2, 0) is 14.4 Å². The third-order valence-electron chi connectivity index (χ3n) is 2.98. The van der Waals surface area contributed by atoms with Crippen LogP contribution in [-0.4, -0.2) is 27.8 Å². The van der Waals surface area contributed by atoms with Gasteiger partial charge in [0, 0.05) is 28.8 Å². The number of carbonyl (C=O) groups excluding carboxylic acids is 3.